The Morgan fingerprint density at radius 3 is 2.27 bits per heavy atom. The Morgan fingerprint density at radius 1 is 1.20 bits per heavy atom. The summed E-state index contributed by atoms with van der Waals surface area (Å²) < 4.78 is 49.9. The van der Waals surface area contributed by atoms with Crippen molar-refractivity contribution in [1.29, 1.82) is 0 Å². The van der Waals surface area contributed by atoms with E-state index in [1.165, 1.54) is 0 Å². The second-order valence-corrected chi connectivity index (χ2v) is 3.78. The summed E-state index contributed by atoms with van der Waals surface area (Å²) in [7, 11) is 0. The van der Waals surface area contributed by atoms with E-state index in [-0.39, 0.29) is 12.0 Å². The third kappa shape index (κ3) is 2.12. The summed E-state index contributed by atoms with van der Waals surface area (Å²) in [4.78, 5) is 0. The number of halogens is 4. The second-order valence-electron chi connectivity index (χ2n) is 3.78. The molecule has 2 N–H and O–H groups in total. The van der Waals surface area contributed by atoms with E-state index in [0.717, 1.165) is 12.1 Å². The molecular weight excluding hydrogens is 210 g/mol. The van der Waals surface area contributed by atoms with Gasteiger partial charge in [0.15, 0.2) is 0 Å². The van der Waals surface area contributed by atoms with Gasteiger partial charge in [-0.2, -0.15) is 13.2 Å². The predicted octanol–water partition coefficient (Wildman–Crippen LogP) is 2.66. The van der Waals surface area contributed by atoms with Crippen molar-refractivity contribution in [3.8, 4) is 0 Å². The van der Waals surface area contributed by atoms with Crippen LogP contribution in [0.1, 0.15) is 23.5 Å². The van der Waals surface area contributed by atoms with Crippen LogP contribution in [0.2, 0.25) is 0 Å². The van der Waals surface area contributed by atoms with Crippen molar-refractivity contribution < 1.29 is 17.6 Å². The molecule has 0 radical (unpaired) electrons. The third-order valence-corrected chi connectivity index (χ3v) is 2.52. The molecule has 0 amide bonds. The minimum absolute atomic E-state index is 0.123. The quantitative estimate of drug-likeness (QED) is 0.722. The topological polar surface area (TPSA) is 26.0 Å². The molecule has 1 aromatic rings. The molecule has 0 heterocycles. The van der Waals surface area contributed by atoms with E-state index < -0.39 is 17.6 Å². The molecule has 0 aromatic heterocycles. The maximum Gasteiger partial charge on any atom is 0.416 e. The van der Waals surface area contributed by atoms with Gasteiger partial charge in [0.05, 0.1) is 5.56 Å². The lowest BCUT2D eigenvalue weighted by molar-refractivity contribution is -0.137. The van der Waals surface area contributed by atoms with E-state index in [9.17, 15) is 17.6 Å². The van der Waals surface area contributed by atoms with Crippen molar-refractivity contribution in [3.63, 3.8) is 0 Å². The van der Waals surface area contributed by atoms with Crippen LogP contribution in [0.5, 0.6) is 0 Å². The van der Waals surface area contributed by atoms with Crippen molar-refractivity contribution in [2.24, 2.45) is 5.73 Å². The van der Waals surface area contributed by atoms with Crippen molar-refractivity contribution in [2.45, 2.75) is 24.6 Å². The summed E-state index contributed by atoms with van der Waals surface area (Å²) >= 11 is 0. The van der Waals surface area contributed by atoms with Crippen LogP contribution in [0, 0.1) is 5.82 Å². The molecule has 5 heteroatoms. The Morgan fingerprint density at radius 2 is 1.80 bits per heavy atom. The average molecular weight is 219 g/mol. The summed E-state index contributed by atoms with van der Waals surface area (Å²) in [5.41, 5.74) is 4.90. The van der Waals surface area contributed by atoms with Gasteiger partial charge in [-0.3, -0.25) is 0 Å². The van der Waals surface area contributed by atoms with E-state index in [1.807, 2.05) is 0 Å². The molecule has 1 aliphatic rings. The van der Waals surface area contributed by atoms with Crippen LogP contribution in [-0.2, 0) is 6.18 Å². The first kappa shape index (κ1) is 10.4. The first-order valence-corrected chi connectivity index (χ1v) is 4.51. The number of hydrogen-bond donors (Lipinski definition) is 1. The van der Waals surface area contributed by atoms with Gasteiger partial charge in [0.2, 0.25) is 0 Å². The van der Waals surface area contributed by atoms with Crippen LogP contribution in [0.4, 0.5) is 17.6 Å². The number of benzene rings is 1. The lowest BCUT2D eigenvalue weighted by Crippen LogP contribution is -2.07. The Kier molecular flexibility index (Phi) is 2.22. The predicted molar refractivity (Wildman–Crippen MR) is 46.7 cm³/mol. The minimum Gasteiger partial charge on any atom is -0.327 e. The van der Waals surface area contributed by atoms with Crippen molar-refractivity contribution in [3.05, 3.63) is 35.1 Å². The van der Waals surface area contributed by atoms with E-state index in [2.05, 4.69) is 0 Å². The molecule has 0 aliphatic heterocycles. The smallest absolute Gasteiger partial charge is 0.327 e. The third-order valence-electron chi connectivity index (χ3n) is 2.52. The maximum atomic E-state index is 12.9. The molecule has 1 nitrogen and oxygen atoms in total. The van der Waals surface area contributed by atoms with Crippen molar-refractivity contribution >= 4 is 0 Å². The van der Waals surface area contributed by atoms with Gasteiger partial charge in [0, 0.05) is 12.0 Å². The van der Waals surface area contributed by atoms with Gasteiger partial charge < -0.3 is 5.73 Å². The molecule has 2 atom stereocenters. The van der Waals surface area contributed by atoms with E-state index in [0.29, 0.717) is 18.1 Å². The zero-order valence-corrected chi connectivity index (χ0v) is 7.68. The van der Waals surface area contributed by atoms with Crippen LogP contribution in [0.3, 0.4) is 0 Å². The van der Waals surface area contributed by atoms with Crippen molar-refractivity contribution in [2.75, 3.05) is 0 Å². The lowest BCUT2D eigenvalue weighted by Gasteiger charge is -2.08. The molecule has 1 aromatic carbocycles. The monoisotopic (exact) mass is 219 g/mol. The zero-order chi connectivity index (χ0) is 11.2. The molecule has 2 rings (SSSR count). The SMILES string of the molecule is N[C@H]1C[C@@H]1c1cc(F)cc(C(F)(F)F)c1. The average Bonchev–Trinajstić information content (AvgIpc) is 2.80. The van der Waals surface area contributed by atoms with Gasteiger partial charge in [-0.1, -0.05) is 0 Å². The highest BCUT2D eigenvalue weighted by Crippen LogP contribution is 2.41. The minimum atomic E-state index is -4.50. The number of rotatable bonds is 1. The van der Waals surface area contributed by atoms with Gasteiger partial charge in [0.1, 0.15) is 5.82 Å². The molecule has 1 aliphatic carbocycles. The van der Waals surface area contributed by atoms with E-state index in [4.69, 9.17) is 5.73 Å². The Labute approximate surface area is 83.9 Å². The van der Waals surface area contributed by atoms with Crippen LogP contribution in [0.25, 0.3) is 0 Å². The normalized spacial score (nSPS) is 25.4. The molecule has 15 heavy (non-hydrogen) atoms. The van der Waals surface area contributed by atoms with Crippen LogP contribution < -0.4 is 5.73 Å². The van der Waals surface area contributed by atoms with E-state index >= 15 is 0 Å². The summed E-state index contributed by atoms with van der Waals surface area (Å²) in [6.07, 6.45) is -3.88. The number of alkyl halides is 3. The standard InChI is InChI=1S/C10H9F4N/c11-7-2-5(8-4-9(8)15)1-6(3-7)10(12,13)14/h1-3,8-9H,4,15H2/t8-,9+/m1/s1. The number of hydrogen-bond acceptors (Lipinski definition) is 1. The van der Waals surface area contributed by atoms with Gasteiger partial charge in [0.25, 0.3) is 0 Å². The molecular formula is C10H9F4N. The lowest BCUT2D eigenvalue weighted by atomic mass is 10.1. The Hall–Kier alpha value is -1.10. The fourth-order valence-electron chi connectivity index (χ4n) is 1.59. The van der Waals surface area contributed by atoms with Gasteiger partial charge >= 0.3 is 6.18 Å². The highest BCUT2D eigenvalue weighted by Gasteiger charge is 2.38. The largest absolute Gasteiger partial charge is 0.416 e. The molecule has 0 spiro atoms. The first-order chi connectivity index (χ1) is 6.88. The second kappa shape index (κ2) is 3.20. The molecule has 1 fully saturated rings. The molecule has 0 unspecified atom stereocenters. The first-order valence-electron chi connectivity index (χ1n) is 4.51. The summed E-state index contributed by atoms with van der Waals surface area (Å²) in [6.45, 7) is 0. The summed E-state index contributed by atoms with van der Waals surface area (Å²) in [5.74, 6) is -0.985. The number of nitrogens with two attached hydrogens (primary N) is 1. The van der Waals surface area contributed by atoms with Crippen LogP contribution in [0.15, 0.2) is 18.2 Å². The highest BCUT2D eigenvalue weighted by molar-refractivity contribution is 5.33. The molecule has 0 bridgehead atoms. The van der Waals surface area contributed by atoms with Gasteiger partial charge in [-0.05, 0) is 30.2 Å². The van der Waals surface area contributed by atoms with Gasteiger partial charge in [-0.25, -0.2) is 4.39 Å². The van der Waals surface area contributed by atoms with Crippen LogP contribution in [-0.4, -0.2) is 6.04 Å². The molecule has 1 saturated carbocycles. The molecule has 82 valence electrons. The van der Waals surface area contributed by atoms with Gasteiger partial charge in [-0.15, -0.1) is 0 Å². The van der Waals surface area contributed by atoms with Crippen LogP contribution >= 0.6 is 0 Å². The Bertz CT molecular complexity index is 385. The zero-order valence-electron chi connectivity index (χ0n) is 7.68. The maximum absolute atomic E-state index is 12.9. The highest BCUT2D eigenvalue weighted by atomic mass is 19.4. The summed E-state index contributed by atoms with van der Waals surface area (Å²) in [6, 6.07) is 2.46. The summed E-state index contributed by atoms with van der Waals surface area (Å²) in [5, 5.41) is 0. The Balaban J connectivity index is 2.37. The molecule has 0 saturated heterocycles. The fourth-order valence-corrected chi connectivity index (χ4v) is 1.59. The van der Waals surface area contributed by atoms with Crippen molar-refractivity contribution in [1.82, 2.24) is 0 Å². The van der Waals surface area contributed by atoms with E-state index in [1.54, 1.807) is 0 Å². The fraction of sp³-hybridized carbons (Fsp3) is 0.400.